The molecule has 2 fully saturated rings. The highest BCUT2D eigenvalue weighted by molar-refractivity contribution is 5.94. The van der Waals surface area contributed by atoms with Crippen LogP contribution >= 0.6 is 0 Å². The van der Waals surface area contributed by atoms with Gasteiger partial charge in [-0.05, 0) is 37.9 Å². The van der Waals surface area contributed by atoms with Crippen LogP contribution in [0, 0.1) is 0 Å². The zero-order chi connectivity index (χ0) is 13.2. The normalized spacial score (nSPS) is 24.0. The molecular formula is C14H19N3O2. The van der Waals surface area contributed by atoms with Crippen LogP contribution in [0.5, 0.6) is 5.75 Å². The summed E-state index contributed by atoms with van der Waals surface area (Å²) in [5.74, 6) is -0.174. The molecule has 1 amide bonds. The molecule has 3 rings (SSSR count). The average molecular weight is 261 g/mol. The van der Waals surface area contributed by atoms with E-state index in [1.165, 1.54) is 12.5 Å². The second-order valence-electron chi connectivity index (χ2n) is 5.31. The summed E-state index contributed by atoms with van der Waals surface area (Å²) in [5, 5.41) is 9.75. The Bertz CT molecular complexity index is 478. The number of pyridine rings is 1. The van der Waals surface area contributed by atoms with Crippen LogP contribution in [-0.2, 0) is 0 Å². The summed E-state index contributed by atoms with van der Waals surface area (Å²) in [6, 6.07) is 3.63. The quantitative estimate of drug-likeness (QED) is 0.822. The van der Waals surface area contributed by atoms with E-state index in [1.807, 2.05) is 4.90 Å². The number of hydrogen-bond acceptors (Lipinski definition) is 4. The Balaban J connectivity index is 1.78. The molecule has 1 N–H and O–H groups in total. The lowest BCUT2D eigenvalue weighted by Gasteiger charge is -2.25. The number of hydrogen-bond donors (Lipinski definition) is 1. The Labute approximate surface area is 112 Å². The van der Waals surface area contributed by atoms with Crippen molar-refractivity contribution in [2.75, 3.05) is 26.2 Å². The molecule has 102 valence electrons. The molecular weight excluding hydrogens is 242 g/mol. The third kappa shape index (κ3) is 2.42. The van der Waals surface area contributed by atoms with Gasteiger partial charge in [-0.1, -0.05) is 0 Å². The van der Waals surface area contributed by atoms with Crippen molar-refractivity contribution in [3.8, 4) is 5.75 Å². The molecule has 2 saturated heterocycles. The van der Waals surface area contributed by atoms with E-state index in [9.17, 15) is 9.90 Å². The topological polar surface area (TPSA) is 56.7 Å². The van der Waals surface area contributed by atoms with Gasteiger partial charge in [0.05, 0.1) is 0 Å². The number of aromatic hydroxyl groups is 1. The molecule has 5 nitrogen and oxygen atoms in total. The van der Waals surface area contributed by atoms with Gasteiger partial charge in [0.25, 0.3) is 5.91 Å². The number of carbonyl (C=O) groups excluding carboxylic acids is 1. The molecule has 0 bridgehead atoms. The van der Waals surface area contributed by atoms with E-state index in [0.717, 1.165) is 39.0 Å². The summed E-state index contributed by atoms with van der Waals surface area (Å²) in [6.07, 6.45) is 4.93. The largest absolute Gasteiger partial charge is 0.505 e. The molecule has 0 aromatic carbocycles. The molecule has 0 aliphatic carbocycles. The van der Waals surface area contributed by atoms with Crippen LogP contribution in [0.3, 0.4) is 0 Å². The highest BCUT2D eigenvalue weighted by Crippen LogP contribution is 2.23. The van der Waals surface area contributed by atoms with E-state index < -0.39 is 0 Å². The fourth-order valence-electron chi connectivity index (χ4n) is 3.10. The molecule has 1 atom stereocenters. The van der Waals surface area contributed by atoms with Crippen molar-refractivity contribution in [3.63, 3.8) is 0 Å². The lowest BCUT2D eigenvalue weighted by Crippen LogP contribution is -2.39. The van der Waals surface area contributed by atoms with Crippen molar-refractivity contribution in [1.29, 1.82) is 0 Å². The zero-order valence-corrected chi connectivity index (χ0v) is 11.0. The summed E-state index contributed by atoms with van der Waals surface area (Å²) >= 11 is 0. The molecule has 0 radical (unpaired) electrons. The van der Waals surface area contributed by atoms with Crippen LogP contribution in [0.4, 0.5) is 0 Å². The minimum Gasteiger partial charge on any atom is -0.505 e. The van der Waals surface area contributed by atoms with Crippen molar-refractivity contribution in [2.45, 2.75) is 25.3 Å². The van der Waals surface area contributed by atoms with Gasteiger partial charge in [0, 0.05) is 31.9 Å². The third-order valence-corrected chi connectivity index (χ3v) is 4.08. The molecule has 1 aromatic heterocycles. The van der Waals surface area contributed by atoms with E-state index in [4.69, 9.17) is 0 Å². The maximum absolute atomic E-state index is 12.4. The first kappa shape index (κ1) is 12.4. The van der Waals surface area contributed by atoms with Crippen LogP contribution in [0.2, 0.25) is 0 Å². The maximum atomic E-state index is 12.4. The van der Waals surface area contributed by atoms with E-state index in [-0.39, 0.29) is 17.4 Å². The van der Waals surface area contributed by atoms with Gasteiger partial charge in [-0.25, -0.2) is 4.98 Å². The van der Waals surface area contributed by atoms with Gasteiger partial charge in [0.15, 0.2) is 5.69 Å². The molecule has 5 heteroatoms. The van der Waals surface area contributed by atoms with Gasteiger partial charge in [0.2, 0.25) is 0 Å². The number of rotatable bonds is 1. The minimum absolute atomic E-state index is 0.0278. The fraction of sp³-hybridized carbons (Fsp3) is 0.571. The Hall–Kier alpha value is -1.62. The predicted molar refractivity (Wildman–Crippen MR) is 71.0 cm³/mol. The van der Waals surface area contributed by atoms with Crippen molar-refractivity contribution in [2.24, 2.45) is 0 Å². The Kier molecular flexibility index (Phi) is 3.38. The first-order valence-electron chi connectivity index (χ1n) is 6.93. The molecule has 0 saturated carbocycles. The van der Waals surface area contributed by atoms with Crippen molar-refractivity contribution in [1.82, 2.24) is 14.8 Å². The third-order valence-electron chi connectivity index (χ3n) is 4.08. The summed E-state index contributed by atoms with van der Waals surface area (Å²) in [7, 11) is 0. The maximum Gasteiger partial charge on any atom is 0.276 e. The van der Waals surface area contributed by atoms with Crippen LogP contribution in [-0.4, -0.2) is 58.0 Å². The number of nitrogens with zero attached hydrogens (tertiary/aromatic N) is 3. The SMILES string of the molecule is O=C(c1ncccc1O)N1CCCN2CCCC2C1. The van der Waals surface area contributed by atoms with Crippen LogP contribution in [0.1, 0.15) is 29.8 Å². The van der Waals surface area contributed by atoms with E-state index in [1.54, 1.807) is 12.3 Å². The lowest BCUT2D eigenvalue weighted by molar-refractivity contribution is 0.0734. The fourth-order valence-corrected chi connectivity index (χ4v) is 3.10. The number of carbonyl (C=O) groups is 1. The summed E-state index contributed by atoms with van der Waals surface area (Å²) in [5.41, 5.74) is 0.175. The van der Waals surface area contributed by atoms with Crippen molar-refractivity contribution >= 4 is 5.91 Å². The molecule has 3 heterocycles. The Morgan fingerprint density at radius 2 is 2.16 bits per heavy atom. The number of aromatic nitrogens is 1. The molecule has 0 spiro atoms. The van der Waals surface area contributed by atoms with Gasteiger partial charge in [0.1, 0.15) is 5.75 Å². The summed E-state index contributed by atoms with van der Waals surface area (Å²) in [4.78, 5) is 20.8. The second kappa shape index (κ2) is 5.17. The number of amides is 1. The summed E-state index contributed by atoms with van der Waals surface area (Å²) < 4.78 is 0. The van der Waals surface area contributed by atoms with E-state index in [0.29, 0.717) is 6.04 Å². The smallest absolute Gasteiger partial charge is 0.276 e. The highest BCUT2D eigenvalue weighted by Gasteiger charge is 2.31. The van der Waals surface area contributed by atoms with Gasteiger partial charge < -0.3 is 10.0 Å². The standard InChI is InChI=1S/C14H19N3O2/c18-12-5-1-6-15-13(12)14(19)17-9-3-8-16-7-2-4-11(16)10-17/h1,5-6,11,18H,2-4,7-10H2. The minimum atomic E-state index is -0.146. The Morgan fingerprint density at radius 3 is 3.00 bits per heavy atom. The number of fused-ring (bicyclic) bond motifs is 1. The summed E-state index contributed by atoms with van der Waals surface area (Å²) in [6.45, 7) is 3.74. The lowest BCUT2D eigenvalue weighted by atomic mass is 10.2. The zero-order valence-electron chi connectivity index (χ0n) is 11.0. The van der Waals surface area contributed by atoms with Gasteiger partial charge in [-0.3, -0.25) is 9.69 Å². The van der Waals surface area contributed by atoms with Crippen molar-refractivity contribution in [3.05, 3.63) is 24.0 Å². The van der Waals surface area contributed by atoms with E-state index in [2.05, 4.69) is 9.88 Å². The highest BCUT2D eigenvalue weighted by atomic mass is 16.3. The predicted octanol–water partition coefficient (Wildman–Crippen LogP) is 1.10. The first-order valence-corrected chi connectivity index (χ1v) is 6.93. The van der Waals surface area contributed by atoms with E-state index >= 15 is 0 Å². The monoisotopic (exact) mass is 261 g/mol. The average Bonchev–Trinajstić information content (AvgIpc) is 2.76. The molecule has 2 aliphatic heterocycles. The molecule has 19 heavy (non-hydrogen) atoms. The van der Waals surface area contributed by atoms with Gasteiger partial charge in [-0.15, -0.1) is 0 Å². The molecule has 1 unspecified atom stereocenters. The van der Waals surface area contributed by atoms with Crippen LogP contribution in [0.25, 0.3) is 0 Å². The van der Waals surface area contributed by atoms with Crippen LogP contribution < -0.4 is 0 Å². The second-order valence-corrected chi connectivity index (χ2v) is 5.31. The van der Waals surface area contributed by atoms with Crippen molar-refractivity contribution < 1.29 is 9.90 Å². The van der Waals surface area contributed by atoms with Gasteiger partial charge in [-0.2, -0.15) is 0 Å². The molecule has 2 aliphatic rings. The molecule has 1 aromatic rings. The van der Waals surface area contributed by atoms with Gasteiger partial charge >= 0.3 is 0 Å². The Morgan fingerprint density at radius 1 is 1.32 bits per heavy atom. The van der Waals surface area contributed by atoms with Crippen LogP contribution in [0.15, 0.2) is 18.3 Å². The first-order chi connectivity index (χ1) is 9.25.